The van der Waals surface area contributed by atoms with Crippen LogP contribution in [0.4, 0.5) is 17.3 Å². The number of hydrogen-bond donors (Lipinski definition) is 0. The standard InChI is InChI=1S/2C15H24P.C8H12.BF4.Fe.Rh/c2*1-11(2)14-9-10-15(12(3)4)16(14)13-7-5-6-8-13;1-2-4-6-8-7-5-3-1;2-1(3,4)5;;/h2*5-8,11-12,14-15H,9-10H2,1-4H3;1-2,7-8H,3-6H2;;;/q2*-1;;-1;+2;/b;;2-1-,8-7-;;;/t2*14-,15-;;;;/m11..../s1. The van der Waals surface area contributed by atoms with Gasteiger partial charge in [0, 0.05) is 19.5 Å². The molecule has 0 amide bonds. The fourth-order valence-corrected chi connectivity index (χ4v) is 14.9. The van der Waals surface area contributed by atoms with Gasteiger partial charge in [-0.2, -0.15) is 47.0 Å². The van der Waals surface area contributed by atoms with Gasteiger partial charge >= 0.3 is 24.3 Å². The Labute approximate surface area is 311 Å². The Morgan fingerprint density at radius 1 is 0.553 bits per heavy atom. The second kappa shape index (κ2) is 24.2. The molecule has 0 N–H and O–H groups in total. The smallest absolute Gasteiger partial charge is 0.418 e. The fourth-order valence-electron chi connectivity index (χ4n) is 7.04. The second-order valence-electron chi connectivity index (χ2n) is 14.1. The van der Waals surface area contributed by atoms with E-state index >= 15 is 0 Å². The van der Waals surface area contributed by atoms with E-state index < -0.39 is 7.25 Å². The predicted molar refractivity (Wildman–Crippen MR) is 197 cm³/mol. The van der Waals surface area contributed by atoms with E-state index in [0.29, 0.717) is 0 Å². The molecule has 0 aromatic heterocycles. The van der Waals surface area contributed by atoms with E-state index in [9.17, 15) is 17.3 Å². The van der Waals surface area contributed by atoms with E-state index in [-0.39, 0.29) is 52.4 Å². The van der Waals surface area contributed by atoms with Gasteiger partial charge in [-0.05, 0) is 97.7 Å². The Morgan fingerprint density at radius 2 is 0.787 bits per heavy atom. The van der Waals surface area contributed by atoms with Crippen LogP contribution in [0.2, 0.25) is 0 Å². The van der Waals surface area contributed by atoms with Crippen molar-refractivity contribution in [3.05, 3.63) is 72.8 Å². The van der Waals surface area contributed by atoms with E-state index in [1.165, 1.54) is 51.4 Å². The largest absolute Gasteiger partial charge is 2.00 e. The molecular weight excluding hydrogens is 764 g/mol. The van der Waals surface area contributed by atoms with E-state index in [2.05, 4.69) is 128 Å². The first-order chi connectivity index (χ1) is 21.2. The van der Waals surface area contributed by atoms with Crippen LogP contribution < -0.4 is 10.6 Å². The summed E-state index contributed by atoms with van der Waals surface area (Å²) in [6.07, 6.45) is 19.8. The average molecular weight is 824 g/mol. The van der Waals surface area contributed by atoms with Gasteiger partial charge in [0.1, 0.15) is 0 Å². The van der Waals surface area contributed by atoms with E-state index in [0.717, 1.165) is 46.3 Å². The third-order valence-corrected chi connectivity index (χ3v) is 17.3. The molecule has 9 heteroatoms. The minimum Gasteiger partial charge on any atom is -0.418 e. The topological polar surface area (TPSA) is 0 Å². The van der Waals surface area contributed by atoms with Crippen LogP contribution in [-0.4, -0.2) is 29.9 Å². The second-order valence-corrected chi connectivity index (χ2v) is 19.4. The number of hydrogen-bond acceptors (Lipinski definition) is 0. The van der Waals surface area contributed by atoms with Gasteiger partial charge < -0.3 is 17.3 Å². The van der Waals surface area contributed by atoms with Gasteiger partial charge in [-0.15, -0.1) is 15.8 Å². The molecule has 2 saturated heterocycles. The van der Waals surface area contributed by atoms with Crippen LogP contribution in [-0.2, 0) is 36.5 Å². The minimum atomic E-state index is -6.00. The molecule has 2 aromatic rings. The Hall–Kier alpha value is -0.0322. The van der Waals surface area contributed by atoms with Crippen molar-refractivity contribution in [2.24, 2.45) is 23.7 Å². The van der Waals surface area contributed by atoms with Crippen LogP contribution in [0.15, 0.2) is 72.8 Å². The molecule has 5 rings (SSSR count). The summed E-state index contributed by atoms with van der Waals surface area (Å²) < 4.78 is 39.0. The Morgan fingerprint density at radius 3 is 0.957 bits per heavy atom. The fraction of sp³-hybridized carbons (Fsp3) is 0.632. The first-order valence-electron chi connectivity index (χ1n) is 17.4. The SMILES string of the molecule is C1=C\CC/C=C\CC/1.CC(C)[C@H]1CC[C@H](C(C)C)P1c1cc[cH-]c1.CC(C)[C@H]1CC[C@H](C(C)C)P1c1cc[cH-]c1.F[B-](F)(F)F.[Fe+2].[Rh]. The van der Waals surface area contributed by atoms with E-state index in [1.54, 1.807) is 10.6 Å². The summed E-state index contributed by atoms with van der Waals surface area (Å²) in [6.45, 7) is 19.3. The molecule has 0 nitrogen and oxygen atoms in total. The zero-order valence-electron chi connectivity index (χ0n) is 29.9. The van der Waals surface area contributed by atoms with Crippen LogP contribution in [0.3, 0.4) is 0 Å². The molecule has 2 aromatic carbocycles. The first-order valence-corrected chi connectivity index (χ1v) is 20.4. The molecule has 0 unspecified atom stereocenters. The summed E-state index contributed by atoms with van der Waals surface area (Å²) in [4.78, 5) is 0. The van der Waals surface area contributed by atoms with Crippen LogP contribution in [0.5, 0.6) is 0 Å². The summed E-state index contributed by atoms with van der Waals surface area (Å²) >= 11 is 0. The predicted octanol–water partition coefficient (Wildman–Crippen LogP) is 12.7. The van der Waals surface area contributed by atoms with Gasteiger partial charge in [-0.1, -0.05) is 79.7 Å². The van der Waals surface area contributed by atoms with Crippen LogP contribution in [0.25, 0.3) is 0 Å². The number of rotatable bonds is 6. The van der Waals surface area contributed by atoms with E-state index in [4.69, 9.17) is 0 Å². The van der Waals surface area contributed by atoms with Crippen LogP contribution >= 0.6 is 15.8 Å². The van der Waals surface area contributed by atoms with Crippen molar-refractivity contribution in [3.8, 4) is 0 Å². The van der Waals surface area contributed by atoms with Gasteiger partial charge in [0.05, 0.1) is 0 Å². The van der Waals surface area contributed by atoms with Crippen molar-refractivity contribution in [3.63, 3.8) is 0 Å². The van der Waals surface area contributed by atoms with Crippen molar-refractivity contribution in [2.45, 2.75) is 129 Å². The summed E-state index contributed by atoms with van der Waals surface area (Å²) in [5, 5.41) is 3.31. The van der Waals surface area contributed by atoms with Gasteiger partial charge in [0.15, 0.2) is 0 Å². The van der Waals surface area contributed by atoms with Crippen molar-refractivity contribution >= 4 is 33.7 Å². The van der Waals surface area contributed by atoms with Crippen LogP contribution in [0, 0.1) is 23.7 Å². The Bertz CT molecular complexity index is 954. The van der Waals surface area contributed by atoms with Crippen molar-refractivity contribution in [1.82, 2.24) is 0 Å². The summed E-state index contributed by atoms with van der Waals surface area (Å²) in [5.41, 5.74) is 3.85. The van der Waals surface area contributed by atoms with Crippen LogP contribution in [0.1, 0.15) is 107 Å². The molecule has 1 aliphatic carbocycles. The molecule has 2 fully saturated rings. The molecule has 0 saturated carbocycles. The molecule has 4 atom stereocenters. The molecular formula is C38H60BF4FeP2Rh-. The van der Waals surface area contributed by atoms with E-state index in [1.807, 2.05) is 0 Å². The summed E-state index contributed by atoms with van der Waals surface area (Å²) in [7, 11) is -5.82. The first kappa shape index (κ1) is 47.0. The van der Waals surface area contributed by atoms with Gasteiger partial charge in [-0.25, -0.2) is 12.1 Å². The maximum atomic E-state index is 9.75. The zero-order valence-corrected chi connectivity index (χ0v) is 34.4. The van der Waals surface area contributed by atoms with Gasteiger partial charge in [0.2, 0.25) is 0 Å². The van der Waals surface area contributed by atoms with Gasteiger partial charge in [-0.3, -0.25) is 0 Å². The maximum Gasteiger partial charge on any atom is 2.00 e. The molecule has 47 heavy (non-hydrogen) atoms. The molecule has 271 valence electrons. The average Bonchev–Trinajstić information content (AvgIpc) is 3.73. The molecule has 1 radical (unpaired) electrons. The maximum absolute atomic E-state index is 9.75. The van der Waals surface area contributed by atoms with Crippen molar-refractivity contribution in [1.29, 1.82) is 0 Å². The molecule has 0 spiro atoms. The minimum absolute atomic E-state index is 0. The van der Waals surface area contributed by atoms with Crippen molar-refractivity contribution < 1.29 is 53.8 Å². The summed E-state index contributed by atoms with van der Waals surface area (Å²) in [5.74, 6) is 3.41. The summed E-state index contributed by atoms with van der Waals surface area (Å²) in [6, 6.07) is 18.3. The van der Waals surface area contributed by atoms with Crippen molar-refractivity contribution in [2.75, 3.05) is 0 Å². The third kappa shape index (κ3) is 17.2. The molecule has 3 aliphatic rings. The molecule has 2 heterocycles. The zero-order chi connectivity index (χ0) is 33.6. The third-order valence-electron chi connectivity index (χ3n) is 9.24. The number of allylic oxidation sites excluding steroid dienone is 4. The normalized spacial score (nSPS) is 24.5. The number of halogens is 4. The quantitative estimate of drug-likeness (QED) is 0.0895. The Balaban J connectivity index is 0.000000643. The molecule has 0 bridgehead atoms. The Kier molecular flexibility index (Phi) is 24.2. The van der Waals surface area contributed by atoms with Gasteiger partial charge in [0.25, 0.3) is 0 Å². The monoisotopic (exact) mass is 824 g/mol. The molecule has 2 aliphatic heterocycles.